The van der Waals surface area contributed by atoms with Crippen molar-refractivity contribution in [3.05, 3.63) is 71.3 Å². The Labute approximate surface area is 213 Å². The van der Waals surface area contributed by atoms with E-state index in [1.54, 1.807) is 6.92 Å². The van der Waals surface area contributed by atoms with Gasteiger partial charge in [0.05, 0.1) is 12.0 Å². The molecule has 0 spiro atoms. The van der Waals surface area contributed by atoms with Crippen molar-refractivity contribution < 1.29 is 28.6 Å². The topological polar surface area (TPSA) is 90.9 Å². The fraction of sp³-hybridized carbons (Fsp3) is 0.483. The molecule has 7 heteroatoms. The number of ether oxygens (including phenoxy) is 3. The largest absolute Gasteiger partial charge is 0.464 e. The van der Waals surface area contributed by atoms with Gasteiger partial charge in [0.15, 0.2) is 0 Å². The quantitative estimate of drug-likeness (QED) is 0.378. The van der Waals surface area contributed by atoms with Crippen molar-refractivity contribution in [3.63, 3.8) is 0 Å². The van der Waals surface area contributed by atoms with Crippen LogP contribution in [0, 0.1) is 0 Å². The number of hydrogen-bond donors (Lipinski definition) is 1. The summed E-state index contributed by atoms with van der Waals surface area (Å²) in [5, 5.41) is 2.63. The first kappa shape index (κ1) is 27.2. The first-order valence-electron chi connectivity index (χ1n) is 12.6. The molecular weight excluding hydrogens is 458 g/mol. The zero-order chi connectivity index (χ0) is 26.2. The first-order chi connectivity index (χ1) is 17.1. The number of amides is 1. The number of alkyl carbamates (subject to hydrolysis) is 1. The van der Waals surface area contributed by atoms with Crippen molar-refractivity contribution in [1.82, 2.24) is 5.32 Å². The van der Waals surface area contributed by atoms with Gasteiger partial charge in [-0.25, -0.2) is 9.59 Å². The molecule has 1 amide bonds. The normalized spacial score (nSPS) is 15.6. The van der Waals surface area contributed by atoms with Gasteiger partial charge in [-0.15, -0.1) is 0 Å². The Kier molecular flexibility index (Phi) is 9.13. The van der Waals surface area contributed by atoms with E-state index in [9.17, 15) is 14.4 Å². The van der Waals surface area contributed by atoms with Crippen molar-refractivity contribution >= 4 is 18.0 Å². The molecule has 1 atom stereocenters. The summed E-state index contributed by atoms with van der Waals surface area (Å²) < 4.78 is 16.2. The zero-order valence-corrected chi connectivity index (χ0v) is 21.7. The highest BCUT2D eigenvalue weighted by Crippen LogP contribution is 2.43. The number of carbonyl (C=O) groups is 3. The Bertz CT molecular complexity index is 1020. The van der Waals surface area contributed by atoms with Crippen LogP contribution in [0.1, 0.15) is 70.1 Å². The lowest BCUT2D eigenvalue weighted by atomic mass is 9.78. The molecule has 1 aliphatic rings. The smallest absolute Gasteiger partial charge is 0.408 e. The highest BCUT2D eigenvalue weighted by atomic mass is 16.6. The van der Waals surface area contributed by atoms with E-state index in [0.29, 0.717) is 0 Å². The summed E-state index contributed by atoms with van der Waals surface area (Å²) in [6.45, 7) is 7.66. The van der Waals surface area contributed by atoms with Crippen LogP contribution in [0.5, 0.6) is 0 Å². The first-order valence-corrected chi connectivity index (χ1v) is 12.6. The number of esters is 2. The summed E-state index contributed by atoms with van der Waals surface area (Å²) in [5.41, 5.74) is 1.40. The van der Waals surface area contributed by atoms with Gasteiger partial charge in [0.25, 0.3) is 0 Å². The second kappa shape index (κ2) is 12.1. The molecule has 2 aromatic rings. The molecule has 0 aromatic heterocycles. The van der Waals surface area contributed by atoms with Crippen molar-refractivity contribution in [2.24, 2.45) is 0 Å². The van der Waals surface area contributed by atoms with Crippen LogP contribution in [0.2, 0.25) is 0 Å². The minimum absolute atomic E-state index is 0.101. The van der Waals surface area contributed by atoms with Crippen LogP contribution in [0.4, 0.5) is 4.79 Å². The summed E-state index contributed by atoms with van der Waals surface area (Å²) in [6, 6.07) is 16.1. The van der Waals surface area contributed by atoms with Crippen LogP contribution in [-0.4, -0.2) is 36.3 Å². The Morgan fingerprint density at radius 2 is 1.56 bits per heavy atom. The fourth-order valence-corrected chi connectivity index (χ4v) is 4.50. The fourth-order valence-electron chi connectivity index (χ4n) is 4.50. The predicted octanol–water partition coefficient (Wildman–Crippen LogP) is 5.24. The maximum Gasteiger partial charge on any atom is 0.408 e. The lowest BCUT2D eigenvalue weighted by Gasteiger charge is -2.31. The molecule has 0 unspecified atom stereocenters. The summed E-state index contributed by atoms with van der Waals surface area (Å²) in [7, 11) is 0. The Morgan fingerprint density at radius 1 is 0.917 bits per heavy atom. The predicted molar refractivity (Wildman–Crippen MR) is 136 cm³/mol. The van der Waals surface area contributed by atoms with E-state index in [1.807, 2.05) is 75.4 Å². The van der Waals surface area contributed by atoms with E-state index in [4.69, 9.17) is 14.2 Å². The third-order valence-electron chi connectivity index (χ3n) is 6.27. The highest BCUT2D eigenvalue weighted by molar-refractivity contribution is 5.84. The second-order valence-electron chi connectivity index (χ2n) is 10.2. The van der Waals surface area contributed by atoms with Gasteiger partial charge >= 0.3 is 18.0 Å². The molecule has 0 radical (unpaired) electrons. The van der Waals surface area contributed by atoms with Crippen LogP contribution in [0.3, 0.4) is 0 Å². The van der Waals surface area contributed by atoms with Crippen LogP contribution in [-0.2, 0) is 42.2 Å². The molecule has 7 nitrogen and oxygen atoms in total. The SMILES string of the molecule is CCOC(=O)[C@@H](Cc1ccc(C2(C(=O)OC(C)(C)C)CCCC2)cc1)NC(=O)OCc1ccccc1. The van der Waals surface area contributed by atoms with E-state index in [-0.39, 0.29) is 25.6 Å². The van der Waals surface area contributed by atoms with E-state index < -0.39 is 29.1 Å². The average Bonchev–Trinajstić information content (AvgIpc) is 3.34. The molecule has 3 rings (SSSR count). The molecule has 1 N–H and O–H groups in total. The maximum atomic E-state index is 13.1. The van der Waals surface area contributed by atoms with Gasteiger partial charge in [0.1, 0.15) is 18.2 Å². The van der Waals surface area contributed by atoms with E-state index >= 15 is 0 Å². The minimum atomic E-state index is -0.898. The van der Waals surface area contributed by atoms with Gasteiger partial charge < -0.3 is 19.5 Å². The van der Waals surface area contributed by atoms with Gasteiger partial charge in [-0.1, -0.05) is 67.4 Å². The van der Waals surface area contributed by atoms with E-state index in [0.717, 1.165) is 42.4 Å². The van der Waals surface area contributed by atoms with Gasteiger partial charge in [-0.05, 0) is 57.2 Å². The standard InChI is InChI=1S/C29H37NO6/c1-5-34-25(31)24(30-27(33)35-20-22-11-7-6-8-12-22)19-21-13-15-23(16-14-21)29(17-9-10-18-29)26(32)36-28(2,3)4/h6-8,11-16,24H,5,9-10,17-20H2,1-4H3,(H,30,33)/t24-/m1/s1. The van der Waals surface area contributed by atoms with Crippen LogP contribution >= 0.6 is 0 Å². The van der Waals surface area contributed by atoms with Crippen LogP contribution < -0.4 is 5.32 Å². The molecule has 1 fully saturated rings. The van der Waals surface area contributed by atoms with Gasteiger partial charge in [-0.3, -0.25) is 4.79 Å². The molecule has 1 saturated carbocycles. The number of benzene rings is 2. The number of rotatable bonds is 9. The molecule has 0 heterocycles. The molecule has 0 bridgehead atoms. The van der Waals surface area contributed by atoms with Crippen LogP contribution in [0.15, 0.2) is 54.6 Å². The van der Waals surface area contributed by atoms with Crippen molar-refractivity contribution in [3.8, 4) is 0 Å². The molecule has 194 valence electrons. The molecule has 0 aliphatic heterocycles. The maximum absolute atomic E-state index is 13.1. The Hall–Kier alpha value is -3.35. The molecule has 0 saturated heterocycles. The highest BCUT2D eigenvalue weighted by Gasteiger charge is 2.45. The molecular formula is C29H37NO6. The monoisotopic (exact) mass is 495 g/mol. The number of hydrogen-bond acceptors (Lipinski definition) is 6. The van der Waals surface area contributed by atoms with Gasteiger partial charge in [0.2, 0.25) is 0 Å². The zero-order valence-electron chi connectivity index (χ0n) is 21.7. The summed E-state index contributed by atoms with van der Waals surface area (Å²) in [6.07, 6.45) is 2.99. The number of nitrogens with one attached hydrogen (secondary N) is 1. The molecule has 1 aliphatic carbocycles. The lowest BCUT2D eigenvalue weighted by Crippen LogP contribution is -2.43. The third kappa shape index (κ3) is 7.33. The van der Waals surface area contributed by atoms with Crippen molar-refractivity contribution in [1.29, 1.82) is 0 Å². The average molecular weight is 496 g/mol. The second-order valence-corrected chi connectivity index (χ2v) is 10.2. The molecule has 2 aromatic carbocycles. The third-order valence-corrected chi connectivity index (χ3v) is 6.27. The van der Waals surface area contributed by atoms with Crippen molar-refractivity contribution in [2.75, 3.05) is 6.61 Å². The van der Waals surface area contributed by atoms with E-state index in [2.05, 4.69) is 5.32 Å². The van der Waals surface area contributed by atoms with Crippen LogP contribution in [0.25, 0.3) is 0 Å². The summed E-state index contributed by atoms with van der Waals surface area (Å²) in [5.74, 6) is -0.716. The van der Waals surface area contributed by atoms with Gasteiger partial charge in [0, 0.05) is 6.42 Å². The van der Waals surface area contributed by atoms with E-state index in [1.165, 1.54) is 0 Å². The Morgan fingerprint density at radius 3 is 2.14 bits per heavy atom. The number of carbonyl (C=O) groups excluding carboxylic acids is 3. The van der Waals surface area contributed by atoms with Crippen molar-refractivity contribution in [2.45, 2.75) is 83.5 Å². The minimum Gasteiger partial charge on any atom is -0.464 e. The Balaban J connectivity index is 1.70. The van der Waals surface area contributed by atoms with Gasteiger partial charge in [-0.2, -0.15) is 0 Å². The lowest BCUT2D eigenvalue weighted by molar-refractivity contribution is -0.162. The summed E-state index contributed by atoms with van der Waals surface area (Å²) >= 11 is 0. The molecule has 36 heavy (non-hydrogen) atoms. The summed E-state index contributed by atoms with van der Waals surface area (Å²) in [4.78, 5) is 38.1.